The van der Waals surface area contributed by atoms with Gasteiger partial charge in [-0.05, 0) is 36.8 Å². The molecule has 2 aromatic heterocycles. The number of para-hydroxylation sites is 1. The highest BCUT2D eigenvalue weighted by Crippen LogP contribution is 2.26. The third kappa shape index (κ3) is 4.45. The van der Waals surface area contributed by atoms with Gasteiger partial charge < -0.3 is 5.11 Å². The Kier molecular flexibility index (Phi) is 6.56. The zero-order chi connectivity index (χ0) is 24.9. The minimum absolute atomic E-state index is 0.0361. The lowest BCUT2D eigenvalue weighted by molar-refractivity contribution is 0.104. The summed E-state index contributed by atoms with van der Waals surface area (Å²) < 4.78 is 2.69. The number of pyridine rings is 1. The molecule has 0 aliphatic carbocycles. The van der Waals surface area contributed by atoms with Crippen molar-refractivity contribution in [1.82, 2.24) is 14.3 Å². The van der Waals surface area contributed by atoms with E-state index in [9.17, 15) is 20.0 Å². The molecule has 7 heteroatoms. The average Bonchev–Trinajstić information content (AvgIpc) is 3.31. The van der Waals surface area contributed by atoms with Crippen LogP contribution in [0.25, 0.3) is 23.0 Å². The van der Waals surface area contributed by atoms with E-state index in [0.717, 1.165) is 15.8 Å². The largest absolute Gasteiger partial charge is 0.494 e. The highest BCUT2D eigenvalue weighted by molar-refractivity contribution is 6.09. The molecule has 7 nitrogen and oxygen atoms in total. The summed E-state index contributed by atoms with van der Waals surface area (Å²) in [6.45, 7) is 5.01. The van der Waals surface area contributed by atoms with Gasteiger partial charge in [0.1, 0.15) is 11.6 Å². The predicted octanol–water partition coefficient (Wildman–Crippen LogP) is 4.67. The number of ketones is 1. The van der Waals surface area contributed by atoms with Crippen molar-refractivity contribution < 1.29 is 9.90 Å². The topological polar surface area (TPSA) is 101 Å². The van der Waals surface area contributed by atoms with E-state index < -0.39 is 17.2 Å². The summed E-state index contributed by atoms with van der Waals surface area (Å²) in [4.78, 5) is 25.7. The van der Waals surface area contributed by atoms with E-state index in [0.29, 0.717) is 11.3 Å². The lowest BCUT2D eigenvalue weighted by Crippen LogP contribution is -2.25. The van der Waals surface area contributed by atoms with Crippen LogP contribution in [0.4, 0.5) is 0 Å². The Balaban J connectivity index is 1.81. The van der Waals surface area contributed by atoms with Crippen molar-refractivity contribution in [2.45, 2.75) is 13.5 Å². The lowest BCUT2D eigenvalue weighted by atomic mass is 10.0. The summed E-state index contributed by atoms with van der Waals surface area (Å²) >= 11 is 0. The molecule has 0 fully saturated rings. The van der Waals surface area contributed by atoms with Crippen molar-refractivity contribution in [3.8, 4) is 28.9 Å². The quantitative estimate of drug-likeness (QED) is 0.244. The Morgan fingerprint density at radius 1 is 1.14 bits per heavy atom. The number of rotatable bonds is 7. The van der Waals surface area contributed by atoms with E-state index in [2.05, 4.69) is 6.58 Å². The zero-order valence-corrected chi connectivity index (χ0v) is 19.0. The van der Waals surface area contributed by atoms with E-state index in [-0.39, 0.29) is 23.2 Å². The maximum atomic E-state index is 13.2. The van der Waals surface area contributed by atoms with E-state index in [1.165, 1.54) is 19.1 Å². The Morgan fingerprint density at radius 2 is 1.80 bits per heavy atom. The second-order valence-electron chi connectivity index (χ2n) is 7.79. The van der Waals surface area contributed by atoms with E-state index in [1.807, 2.05) is 72.9 Å². The van der Waals surface area contributed by atoms with Gasteiger partial charge in [-0.15, -0.1) is 6.58 Å². The third-order valence-electron chi connectivity index (χ3n) is 5.58. The minimum Gasteiger partial charge on any atom is -0.494 e. The molecule has 0 amide bonds. The van der Waals surface area contributed by atoms with E-state index in [4.69, 9.17) is 5.10 Å². The third-order valence-corrected chi connectivity index (χ3v) is 5.58. The average molecular weight is 463 g/mol. The second-order valence-corrected chi connectivity index (χ2v) is 7.79. The van der Waals surface area contributed by atoms with Crippen molar-refractivity contribution in [3.05, 3.63) is 118 Å². The summed E-state index contributed by atoms with van der Waals surface area (Å²) in [5.41, 5.74) is 2.27. The highest BCUT2D eigenvalue weighted by Gasteiger charge is 2.22. The van der Waals surface area contributed by atoms with Gasteiger partial charge in [-0.1, -0.05) is 54.6 Å². The van der Waals surface area contributed by atoms with Gasteiger partial charge in [0.15, 0.2) is 5.78 Å². The van der Waals surface area contributed by atoms with Gasteiger partial charge >= 0.3 is 0 Å². The fourth-order valence-electron chi connectivity index (χ4n) is 3.84. The van der Waals surface area contributed by atoms with Crippen LogP contribution in [-0.2, 0) is 6.54 Å². The molecule has 2 aromatic carbocycles. The van der Waals surface area contributed by atoms with Crippen molar-refractivity contribution in [2.24, 2.45) is 0 Å². The Bertz CT molecular complexity index is 1540. The van der Waals surface area contributed by atoms with Crippen LogP contribution in [0.2, 0.25) is 0 Å². The fraction of sp³-hybridized carbons (Fsp3) is 0.0714. The number of nitrogens with zero attached hydrogens (tertiary/aromatic N) is 4. The van der Waals surface area contributed by atoms with Crippen LogP contribution in [0.3, 0.4) is 0 Å². The molecule has 0 saturated carbocycles. The van der Waals surface area contributed by atoms with Gasteiger partial charge in [0, 0.05) is 23.9 Å². The number of allylic oxidation sites excluding steroid dienone is 2. The Labute approximate surface area is 202 Å². The number of hydrogen-bond acceptors (Lipinski definition) is 5. The normalized spacial score (nSPS) is 10.9. The summed E-state index contributed by atoms with van der Waals surface area (Å²) in [7, 11) is 0. The molecule has 172 valence electrons. The number of aromatic nitrogens is 3. The number of hydrogen-bond donors (Lipinski definition) is 1. The van der Waals surface area contributed by atoms with Gasteiger partial charge in [-0.25, -0.2) is 4.68 Å². The minimum atomic E-state index is -0.668. The monoisotopic (exact) mass is 462 g/mol. The van der Waals surface area contributed by atoms with Crippen molar-refractivity contribution in [2.75, 3.05) is 0 Å². The van der Waals surface area contributed by atoms with Crippen LogP contribution in [0.5, 0.6) is 5.88 Å². The van der Waals surface area contributed by atoms with Crippen LogP contribution in [-0.4, -0.2) is 25.2 Å². The van der Waals surface area contributed by atoms with Crippen LogP contribution in [0.1, 0.15) is 27.0 Å². The number of benzene rings is 2. The first kappa shape index (κ1) is 23.2. The molecule has 0 unspecified atom stereocenters. The van der Waals surface area contributed by atoms with Gasteiger partial charge in [0.2, 0.25) is 5.88 Å². The number of nitriles is 1. The van der Waals surface area contributed by atoms with Crippen molar-refractivity contribution >= 4 is 11.9 Å². The first-order chi connectivity index (χ1) is 17.0. The maximum Gasteiger partial charge on any atom is 0.271 e. The first-order valence-electron chi connectivity index (χ1n) is 10.9. The summed E-state index contributed by atoms with van der Waals surface area (Å²) in [6, 6.07) is 21.0. The molecule has 1 N–H and O–H groups in total. The zero-order valence-electron chi connectivity index (χ0n) is 19.0. The molecule has 0 saturated heterocycles. The number of carbonyl (C=O) groups excluding carboxylic acids is 1. The number of carbonyl (C=O) groups is 1. The molecule has 0 aliphatic rings. The highest BCUT2D eigenvalue weighted by atomic mass is 16.3. The van der Waals surface area contributed by atoms with Gasteiger partial charge in [-0.3, -0.25) is 14.2 Å². The van der Waals surface area contributed by atoms with Crippen LogP contribution in [0.15, 0.2) is 90.4 Å². The predicted molar refractivity (Wildman–Crippen MR) is 134 cm³/mol. The summed E-state index contributed by atoms with van der Waals surface area (Å²) in [6.07, 6.45) is 6.15. The molecule has 0 radical (unpaired) electrons. The molecule has 0 aliphatic heterocycles. The Hall–Kier alpha value is -4.96. The molecule has 4 aromatic rings. The van der Waals surface area contributed by atoms with Crippen LogP contribution < -0.4 is 5.56 Å². The molecule has 0 spiro atoms. The maximum absolute atomic E-state index is 13.2. The van der Waals surface area contributed by atoms with Gasteiger partial charge in [0.05, 0.1) is 16.9 Å². The molecule has 4 rings (SSSR count). The SMILES string of the molecule is C=CCn1c(O)c(C(=O)/C=C/c2cn(-c3ccccc3)nc2-c2ccccc2)c(C)c(C#N)c1=O. The Morgan fingerprint density at radius 3 is 2.43 bits per heavy atom. The molecular formula is C28H22N4O3. The molecular weight excluding hydrogens is 440 g/mol. The molecule has 0 atom stereocenters. The number of aromatic hydroxyl groups is 1. The van der Waals surface area contributed by atoms with Gasteiger partial charge in [0.25, 0.3) is 5.56 Å². The molecule has 2 heterocycles. The standard InChI is InChI=1S/C28H22N4O3/c1-3-16-31-27(34)23(17-29)19(2)25(28(31)35)24(33)15-14-21-18-32(22-12-8-5-9-13-22)30-26(21)20-10-6-4-7-11-20/h3-15,18,35H,1,16H2,2H3/b15-14+. The van der Waals surface area contributed by atoms with Gasteiger partial charge in [-0.2, -0.15) is 10.4 Å². The fourth-order valence-corrected chi connectivity index (χ4v) is 3.84. The summed E-state index contributed by atoms with van der Waals surface area (Å²) in [5, 5.41) is 24.9. The first-order valence-corrected chi connectivity index (χ1v) is 10.9. The van der Waals surface area contributed by atoms with Crippen LogP contribution >= 0.6 is 0 Å². The lowest BCUT2D eigenvalue weighted by Gasteiger charge is -2.13. The van der Waals surface area contributed by atoms with E-state index >= 15 is 0 Å². The second kappa shape index (κ2) is 9.89. The van der Waals surface area contributed by atoms with E-state index in [1.54, 1.807) is 10.8 Å². The van der Waals surface area contributed by atoms with Crippen LogP contribution in [0, 0.1) is 18.3 Å². The van der Waals surface area contributed by atoms with Crippen molar-refractivity contribution in [1.29, 1.82) is 5.26 Å². The molecule has 0 bridgehead atoms. The van der Waals surface area contributed by atoms with Crippen molar-refractivity contribution in [3.63, 3.8) is 0 Å². The smallest absolute Gasteiger partial charge is 0.271 e. The molecule has 35 heavy (non-hydrogen) atoms. The summed E-state index contributed by atoms with van der Waals surface area (Å²) in [5.74, 6) is -1.04.